The molecular weight excluding hydrogens is 448 g/mol. The van der Waals surface area contributed by atoms with Crippen LogP contribution in [-0.4, -0.2) is 32.3 Å². The lowest BCUT2D eigenvalue weighted by molar-refractivity contribution is -0.0297. The normalized spacial score (nSPS) is 13.2. The lowest BCUT2D eigenvalue weighted by atomic mass is 9.94. The van der Waals surface area contributed by atoms with E-state index in [1.165, 1.54) is 40.8 Å². The number of carbonyl (C=O) groups excluding carboxylic acids is 1. The van der Waals surface area contributed by atoms with Gasteiger partial charge in [-0.2, -0.15) is 5.10 Å². The molecule has 1 unspecified atom stereocenters. The van der Waals surface area contributed by atoms with Crippen LogP contribution in [-0.2, 0) is 12.1 Å². The number of ketones is 1. The largest absolute Gasteiger partial charge is 0.490 e. The first-order valence-corrected chi connectivity index (χ1v) is 10.8. The van der Waals surface area contributed by atoms with Gasteiger partial charge in [0.05, 0.1) is 6.54 Å². The van der Waals surface area contributed by atoms with Crippen molar-refractivity contribution < 1.29 is 23.4 Å². The van der Waals surface area contributed by atoms with Crippen molar-refractivity contribution in [2.45, 2.75) is 12.1 Å². The van der Waals surface area contributed by atoms with Gasteiger partial charge in [-0.05, 0) is 53.9 Å². The molecule has 0 spiro atoms. The Balaban J connectivity index is 1.48. The van der Waals surface area contributed by atoms with Gasteiger partial charge in [0.2, 0.25) is 0 Å². The Kier molecular flexibility index (Phi) is 6.71. The zero-order valence-corrected chi connectivity index (χ0v) is 18.1. The fourth-order valence-electron chi connectivity index (χ4n) is 3.22. The van der Waals surface area contributed by atoms with E-state index in [1.807, 2.05) is 17.5 Å². The molecule has 9 heteroatoms. The Labute approximate surface area is 192 Å². The van der Waals surface area contributed by atoms with E-state index in [0.717, 1.165) is 10.9 Å². The van der Waals surface area contributed by atoms with E-state index >= 15 is 0 Å². The number of aromatic nitrogens is 3. The van der Waals surface area contributed by atoms with Crippen molar-refractivity contribution in [3.8, 4) is 5.75 Å². The lowest BCUT2D eigenvalue weighted by Crippen LogP contribution is -2.39. The zero-order chi connectivity index (χ0) is 23.3. The highest BCUT2D eigenvalue weighted by Crippen LogP contribution is 2.28. The molecule has 2 heterocycles. The molecule has 1 atom stereocenters. The number of carbonyl (C=O) groups is 1. The molecule has 0 fully saturated rings. The number of hydrogen-bond acceptors (Lipinski definition) is 6. The molecule has 0 aliphatic heterocycles. The Hall–Kier alpha value is -3.69. The molecule has 2 aromatic carbocycles. The molecule has 0 aliphatic carbocycles. The minimum absolute atomic E-state index is 0.134. The third kappa shape index (κ3) is 5.57. The van der Waals surface area contributed by atoms with E-state index in [4.69, 9.17) is 4.74 Å². The maximum Gasteiger partial charge on any atom is 0.185 e. The highest BCUT2D eigenvalue weighted by molar-refractivity contribution is 7.10. The SMILES string of the molecule is O=C(C=Cc1cccs1)c1ccc(OCC(O)(Cn2cncn2)c2ccc(F)cc2F)cc1. The van der Waals surface area contributed by atoms with Crippen LogP contribution in [0.1, 0.15) is 20.8 Å². The van der Waals surface area contributed by atoms with Crippen LogP contribution in [0.5, 0.6) is 5.75 Å². The van der Waals surface area contributed by atoms with Crippen LogP contribution in [0, 0.1) is 11.6 Å². The summed E-state index contributed by atoms with van der Waals surface area (Å²) in [7, 11) is 0. The Morgan fingerprint density at radius 1 is 1.18 bits per heavy atom. The molecule has 2 aromatic heterocycles. The first-order valence-electron chi connectivity index (χ1n) is 9.92. The number of rotatable bonds is 9. The molecule has 0 bridgehead atoms. The summed E-state index contributed by atoms with van der Waals surface area (Å²) in [6, 6.07) is 13.1. The molecule has 6 nitrogen and oxygen atoms in total. The molecule has 4 aromatic rings. The second-order valence-corrected chi connectivity index (χ2v) is 8.25. The van der Waals surface area contributed by atoms with Gasteiger partial charge in [-0.15, -0.1) is 11.3 Å². The van der Waals surface area contributed by atoms with Gasteiger partial charge in [-0.3, -0.25) is 4.79 Å². The van der Waals surface area contributed by atoms with Gasteiger partial charge < -0.3 is 9.84 Å². The van der Waals surface area contributed by atoms with Gasteiger partial charge >= 0.3 is 0 Å². The summed E-state index contributed by atoms with van der Waals surface area (Å²) in [6.07, 6.45) is 5.90. The van der Waals surface area contributed by atoms with Crippen LogP contribution < -0.4 is 4.74 Å². The van der Waals surface area contributed by atoms with Crippen LogP contribution >= 0.6 is 11.3 Å². The van der Waals surface area contributed by atoms with E-state index in [0.29, 0.717) is 17.4 Å². The predicted octanol–water partition coefficient (Wildman–Crippen LogP) is 4.48. The topological polar surface area (TPSA) is 77.2 Å². The highest BCUT2D eigenvalue weighted by Gasteiger charge is 2.34. The maximum atomic E-state index is 14.5. The molecule has 0 saturated heterocycles. The van der Waals surface area contributed by atoms with Gasteiger partial charge in [0.1, 0.15) is 42.2 Å². The van der Waals surface area contributed by atoms with Gasteiger partial charge in [0.15, 0.2) is 5.78 Å². The number of halogens is 2. The molecule has 168 valence electrons. The average Bonchev–Trinajstić information content (AvgIpc) is 3.51. The van der Waals surface area contributed by atoms with Crippen LogP contribution in [0.25, 0.3) is 6.08 Å². The first-order chi connectivity index (χ1) is 15.9. The summed E-state index contributed by atoms with van der Waals surface area (Å²) in [5.41, 5.74) is -1.52. The fraction of sp³-hybridized carbons (Fsp3) is 0.125. The molecule has 0 radical (unpaired) electrons. The third-order valence-corrected chi connectivity index (χ3v) is 5.72. The number of hydrogen-bond donors (Lipinski definition) is 1. The summed E-state index contributed by atoms with van der Waals surface area (Å²) < 4.78 is 34.9. The van der Waals surface area contributed by atoms with Crippen molar-refractivity contribution in [2.75, 3.05) is 6.61 Å². The van der Waals surface area contributed by atoms with Crippen molar-refractivity contribution in [3.05, 3.63) is 106 Å². The standard InChI is InChI=1S/C24H19F2N3O3S/c25-18-5-9-21(22(26)12-18)24(31,13-29-16-27-15-28-29)14-32-19-6-3-17(4-7-19)23(30)10-8-20-2-1-11-33-20/h1-12,15-16,31H,13-14H2. The summed E-state index contributed by atoms with van der Waals surface area (Å²) >= 11 is 1.53. The van der Waals surface area contributed by atoms with E-state index < -0.39 is 17.2 Å². The molecule has 0 amide bonds. The molecule has 0 saturated carbocycles. The number of benzene rings is 2. The Bertz CT molecular complexity index is 1240. The Morgan fingerprint density at radius 2 is 2.00 bits per heavy atom. The van der Waals surface area contributed by atoms with Gasteiger partial charge in [-0.1, -0.05) is 12.1 Å². The first kappa shape index (κ1) is 22.5. The van der Waals surface area contributed by atoms with E-state index in [2.05, 4.69) is 10.1 Å². The number of nitrogens with zero attached hydrogens (tertiary/aromatic N) is 3. The van der Waals surface area contributed by atoms with E-state index in [-0.39, 0.29) is 24.5 Å². The summed E-state index contributed by atoms with van der Waals surface area (Å²) in [5.74, 6) is -1.45. The average molecular weight is 467 g/mol. The van der Waals surface area contributed by atoms with Crippen molar-refractivity contribution in [1.29, 1.82) is 0 Å². The number of allylic oxidation sites excluding steroid dienone is 1. The van der Waals surface area contributed by atoms with Crippen molar-refractivity contribution >= 4 is 23.2 Å². The lowest BCUT2D eigenvalue weighted by Gasteiger charge is -2.29. The summed E-state index contributed by atoms with van der Waals surface area (Å²) in [5, 5.41) is 17.1. The zero-order valence-electron chi connectivity index (χ0n) is 17.3. The monoisotopic (exact) mass is 467 g/mol. The van der Waals surface area contributed by atoms with E-state index in [1.54, 1.807) is 30.3 Å². The number of aliphatic hydroxyl groups is 1. The van der Waals surface area contributed by atoms with Crippen LogP contribution in [0.4, 0.5) is 8.78 Å². The van der Waals surface area contributed by atoms with Crippen LogP contribution in [0.15, 0.2) is 78.7 Å². The molecular formula is C24H19F2N3O3S. The highest BCUT2D eigenvalue weighted by atomic mass is 32.1. The minimum atomic E-state index is -1.86. The smallest absolute Gasteiger partial charge is 0.185 e. The summed E-state index contributed by atoms with van der Waals surface area (Å²) in [4.78, 5) is 17.1. The molecule has 1 N–H and O–H groups in total. The van der Waals surface area contributed by atoms with Crippen LogP contribution in [0.3, 0.4) is 0 Å². The van der Waals surface area contributed by atoms with Crippen molar-refractivity contribution in [3.63, 3.8) is 0 Å². The van der Waals surface area contributed by atoms with Gasteiger partial charge in [-0.25, -0.2) is 18.4 Å². The molecule has 0 aliphatic rings. The number of thiophene rings is 1. The molecule has 33 heavy (non-hydrogen) atoms. The second kappa shape index (κ2) is 9.85. The summed E-state index contributed by atoms with van der Waals surface area (Å²) in [6.45, 7) is -0.513. The van der Waals surface area contributed by atoms with E-state index in [9.17, 15) is 18.7 Å². The third-order valence-electron chi connectivity index (χ3n) is 4.88. The van der Waals surface area contributed by atoms with Gasteiger partial charge in [0.25, 0.3) is 0 Å². The number of ether oxygens (including phenoxy) is 1. The minimum Gasteiger partial charge on any atom is -0.490 e. The van der Waals surface area contributed by atoms with Crippen molar-refractivity contribution in [1.82, 2.24) is 14.8 Å². The second-order valence-electron chi connectivity index (χ2n) is 7.27. The quantitative estimate of drug-likeness (QED) is 0.290. The Morgan fingerprint density at radius 3 is 2.67 bits per heavy atom. The fourth-order valence-corrected chi connectivity index (χ4v) is 3.83. The van der Waals surface area contributed by atoms with Crippen LogP contribution in [0.2, 0.25) is 0 Å². The maximum absolute atomic E-state index is 14.5. The molecule has 4 rings (SSSR count). The van der Waals surface area contributed by atoms with Gasteiger partial charge in [0, 0.05) is 22.1 Å². The van der Waals surface area contributed by atoms with Crippen molar-refractivity contribution in [2.24, 2.45) is 0 Å². The predicted molar refractivity (Wildman–Crippen MR) is 120 cm³/mol.